The molecule has 1 radical (unpaired) electrons. The molecular weight excluding hydrogens is 213 g/mol. The second-order valence-corrected chi connectivity index (χ2v) is 4.21. The summed E-state index contributed by atoms with van der Waals surface area (Å²) in [6.45, 7) is 2.22. The van der Waals surface area contributed by atoms with Gasteiger partial charge in [-0.1, -0.05) is 58.3 Å². The average Bonchev–Trinajstić information content (AvgIpc) is 2.21. The first-order chi connectivity index (χ1) is 7.18. The molecule has 0 saturated carbocycles. The monoisotopic (exact) mass is 238 g/mol. The molecule has 0 aromatic carbocycles. The molecule has 0 fully saturated rings. The van der Waals surface area contributed by atoms with Crippen molar-refractivity contribution in [2.24, 2.45) is 5.73 Å². The van der Waals surface area contributed by atoms with Crippen LogP contribution in [0.3, 0.4) is 0 Å². The van der Waals surface area contributed by atoms with E-state index in [1.165, 1.54) is 38.5 Å². The molecule has 0 rings (SSSR count). The number of rotatable bonds is 10. The van der Waals surface area contributed by atoms with Crippen molar-refractivity contribution in [2.45, 2.75) is 70.8 Å². The zero-order valence-electron chi connectivity index (χ0n) is 10.9. The molecule has 0 spiro atoms. The van der Waals surface area contributed by atoms with E-state index in [0.29, 0.717) is 6.42 Å². The fraction of sp³-hybridized carbons (Fsp3) is 0.917. The minimum atomic E-state index is -0.877. The molecule has 0 aliphatic heterocycles. The van der Waals surface area contributed by atoms with Crippen LogP contribution in [0.15, 0.2) is 0 Å². The van der Waals surface area contributed by atoms with E-state index in [2.05, 4.69) is 6.92 Å². The van der Waals surface area contributed by atoms with Crippen LogP contribution < -0.4 is 5.73 Å². The SMILES string of the molecule is CCCCCCCCCCC(N)C(=O)O.[Na]. The van der Waals surface area contributed by atoms with Crippen LogP contribution in [0.5, 0.6) is 0 Å². The Balaban J connectivity index is 0. The number of nitrogens with two attached hydrogens (primary N) is 1. The maximum atomic E-state index is 10.4. The molecule has 1 unspecified atom stereocenters. The number of hydrogen-bond acceptors (Lipinski definition) is 2. The second kappa shape index (κ2) is 13.5. The van der Waals surface area contributed by atoms with Crippen LogP contribution in [0.4, 0.5) is 0 Å². The molecule has 4 heteroatoms. The summed E-state index contributed by atoms with van der Waals surface area (Å²) < 4.78 is 0. The molecule has 91 valence electrons. The second-order valence-electron chi connectivity index (χ2n) is 4.21. The van der Waals surface area contributed by atoms with Crippen molar-refractivity contribution >= 4 is 35.5 Å². The summed E-state index contributed by atoms with van der Waals surface area (Å²) in [4.78, 5) is 10.4. The van der Waals surface area contributed by atoms with Gasteiger partial charge in [-0.15, -0.1) is 0 Å². The van der Waals surface area contributed by atoms with E-state index in [9.17, 15) is 4.79 Å². The number of carboxylic acids is 1. The Morgan fingerprint density at radius 3 is 1.94 bits per heavy atom. The van der Waals surface area contributed by atoms with Crippen LogP contribution in [0.2, 0.25) is 0 Å². The van der Waals surface area contributed by atoms with Crippen LogP contribution in [0.25, 0.3) is 0 Å². The summed E-state index contributed by atoms with van der Waals surface area (Å²) in [6.07, 6.45) is 10.5. The van der Waals surface area contributed by atoms with Gasteiger partial charge in [0.1, 0.15) is 6.04 Å². The summed E-state index contributed by atoms with van der Waals surface area (Å²) in [5.41, 5.74) is 5.40. The molecule has 3 N–H and O–H groups in total. The van der Waals surface area contributed by atoms with Gasteiger partial charge in [0, 0.05) is 29.6 Å². The van der Waals surface area contributed by atoms with Crippen LogP contribution in [-0.4, -0.2) is 46.7 Å². The first kappa shape index (κ1) is 18.8. The third-order valence-corrected chi connectivity index (χ3v) is 2.69. The molecule has 0 saturated heterocycles. The van der Waals surface area contributed by atoms with E-state index in [-0.39, 0.29) is 29.6 Å². The minimum Gasteiger partial charge on any atom is -0.480 e. The van der Waals surface area contributed by atoms with Gasteiger partial charge in [0.05, 0.1) is 0 Å². The summed E-state index contributed by atoms with van der Waals surface area (Å²) in [5.74, 6) is -0.877. The molecule has 1 atom stereocenters. The van der Waals surface area contributed by atoms with Crippen molar-refractivity contribution in [1.29, 1.82) is 0 Å². The average molecular weight is 238 g/mol. The maximum Gasteiger partial charge on any atom is 0.320 e. The summed E-state index contributed by atoms with van der Waals surface area (Å²) in [6, 6.07) is -0.662. The molecular formula is C12H25NNaO2. The van der Waals surface area contributed by atoms with Crippen LogP contribution in [0, 0.1) is 0 Å². The first-order valence-electron chi connectivity index (χ1n) is 6.17. The first-order valence-corrected chi connectivity index (χ1v) is 6.17. The number of carbonyl (C=O) groups is 1. The van der Waals surface area contributed by atoms with Gasteiger partial charge in [0.15, 0.2) is 0 Å². The standard InChI is InChI=1S/C12H25NO2.Na/c1-2-3-4-5-6-7-8-9-10-11(13)12(14)15;/h11H,2-10,13H2,1H3,(H,14,15);. The van der Waals surface area contributed by atoms with Crippen LogP contribution >= 0.6 is 0 Å². The normalized spacial score (nSPS) is 11.9. The number of aliphatic carboxylic acids is 1. The fourth-order valence-electron chi connectivity index (χ4n) is 1.62. The largest absolute Gasteiger partial charge is 0.480 e. The molecule has 0 aliphatic carbocycles. The molecule has 0 heterocycles. The molecule has 0 aromatic heterocycles. The third kappa shape index (κ3) is 12.5. The van der Waals surface area contributed by atoms with E-state index < -0.39 is 12.0 Å². The Hall–Kier alpha value is 0.430. The van der Waals surface area contributed by atoms with Crippen molar-refractivity contribution in [2.75, 3.05) is 0 Å². The van der Waals surface area contributed by atoms with Gasteiger partial charge in [-0.3, -0.25) is 4.79 Å². The molecule has 16 heavy (non-hydrogen) atoms. The van der Waals surface area contributed by atoms with E-state index in [1.54, 1.807) is 0 Å². The van der Waals surface area contributed by atoms with Gasteiger partial charge in [-0.05, 0) is 6.42 Å². The Bertz CT molecular complexity index is 165. The van der Waals surface area contributed by atoms with Crippen molar-refractivity contribution < 1.29 is 9.90 Å². The van der Waals surface area contributed by atoms with Gasteiger partial charge in [-0.2, -0.15) is 0 Å². The summed E-state index contributed by atoms with van der Waals surface area (Å²) in [7, 11) is 0. The molecule has 0 amide bonds. The van der Waals surface area contributed by atoms with Crippen LogP contribution in [0.1, 0.15) is 64.7 Å². The van der Waals surface area contributed by atoms with Gasteiger partial charge in [-0.25, -0.2) is 0 Å². The Morgan fingerprint density at radius 1 is 1.06 bits per heavy atom. The summed E-state index contributed by atoms with van der Waals surface area (Å²) in [5, 5.41) is 8.56. The quantitative estimate of drug-likeness (QED) is 0.454. The molecule has 0 bridgehead atoms. The minimum absolute atomic E-state index is 0. The van der Waals surface area contributed by atoms with Crippen LogP contribution in [-0.2, 0) is 4.79 Å². The van der Waals surface area contributed by atoms with E-state index in [1.807, 2.05) is 0 Å². The van der Waals surface area contributed by atoms with Gasteiger partial charge in [0.2, 0.25) is 0 Å². The molecule has 0 aromatic rings. The van der Waals surface area contributed by atoms with E-state index in [0.717, 1.165) is 12.8 Å². The van der Waals surface area contributed by atoms with Gasteiger partial charge in [0.25, 0.3) is 0 Å². The number of unbranched alkanes of at least 4 members (excludes halogenated alkanes) is 7. The Morgan fingerprint density at radius 2 is 1.50 bits per heavy atom. The molecule has 0 aliphatic rings. The number of hydrogen-bond donors (Lipinski definition) is 2. The topological polar surface area (TPSA) is 63.3 Å². The Labute approximate surface area is 121 Å². The maximum absolute atomic E-state index is 10.4. The van der Waals surface area contributed by atoms with Crippen molar-refractivity contribution in [3.63, 3.8) is 0 Å². The zero-order valence-corrected chi connectivity index (χ0v) is 12.9. The smallest absolute Gasteiger partial charge is 0.320 e. The Kier molecular flexibility index (Phi) is 15.8. The molecule has 3 nitrogen and oxygen atoms in total. The summed E-state index contributed by atoms with van der Waals surface area (Å²) >= 11 is 0. The van der Waals surface area contributed by atoms with Gasteiger partial charge >= 0.3 is 5.97 Å². The van der Waals surface area contributed by atoms with E-state index >= 15 is 0 Å². The van der Waals surface area contributed by atoms with Gasteiger partial charge < -0.3 is 10.8 Å². The predicted octanol–water partition coefficient (Wildman–Crippen LogP) is 2.55. The fourth-order valence-corrected chi connectivity index (χ4v) is 1.62. The van der Waals surface area contributed by atoms with Crippen molar-refractivity contribution in [3.8, 4) is 0 Å². The van der Waals surface area contributed by atoms with Crippen molar-refractivity contribution in [3.05, 3.63) is 0 Å². The third-order valence-electron chi connectivity index (χ3n) is 2.69. The van der Waals surface area contributed by atoms with E-state index in [4.69, 9.17) is 10.8 Å². The number of carboxylic acid groups (broad SMARTS) is 1. The zero-order chi connectivity index (χ0) is 11.5. The predicted molar refractivity (Wildman–Crippen MR) is 68.6 cm³/mol. The van der Waals surface area contributed by atoms with Crippen molar-refractivity contribution in [1.82, 2.24) is 0 Å².